The largest absolute Gasteiger partial charge is 0.387 e. The van der Waals surface area contributed by atoms with Gasteiger partial charge in [-0.1, -0.05) is 19.8 Å². The summed E-state index contributed by atoms with van der Waals surface area (Å²) in [6.45, 7) is 1.72. The molecule has 0 radical (unpaired) electrons. The molecule has 2 aromatic rings. The fraction of sp³-hybridized carbons (Fsp3) is 0.750. The van der Waals surface area contributed by atoms with Gasteiger partial charge in [0.1, 0.15) is 24.1 Å². The van der Waals surface area contributed by atoms with Crippen molar-refractivity contribution in [1.29, 1.82) is 0 Å². The molecule has 2 fully saturated rings. The summed E-state index contributed by atoms with van der Waals surface area (Å²) in [6, 6.07) is 0.231. The van der Waals surface area contributed by atoms with Crippen molar-refractivity contribution in [2.75, 3.05) is 23.4 Å². The second kappa shape index (κ2) is 10.6. The Labute approximate surface area is 218 Å². The lowest BCUT2D eigenvalue weighted by Gasteiger charge is -2.31. The molecule has 2 aliphatic rings. The SMILES string of the molecule is CCS(=O)(=O)C[C@@](C)(OC[C@H]1O[C@@H](n2ncc3c(NC4CCCC4)nc(Cl)nc32)[C@H](O)[C@@H]1O)P(=O)(O)O. The van der Waals surface area contributed by atoms with Gasteiger partial charge in [-0.05, 0) is 31.4 Å². The third kappa shape index (κ3) is 5.94. The molecule has 0 unspecified atom stereocenters. The molecule has 1 aliphatic heterocycles. The van der Waals surface area contributed by atoms with Gasteiger partial charge in [-0.3, -0.25) is 4.57 Å². The number of rotatable bonds is 10. The molecule has 2 aromatic heterocycles. The van der Waals surface area contributed by atoms with Gasteiger partial charge >= 0.3 is 7.60 Å². The van der Waals surface area contributed by atoms with Gasteiger partial charge < -0.3 is 34.8 Å². The molecule has 4 rings (SSSR count). The Morgan fingerprint density at radius 2 is 1.95 bits per heavy atom. The number of ether oxygens (including phenoxy) is 2. The van der Waals surface area contributed by atoms with Gasteiger partial charge in [0.25, 0.3) is 0 Å². The maximum atomic E-state index is 12.1. The van der Waals surface area contributed by atoms with Gasteiger partial charge in [-0.25, -0.2) is 13.1 Å². The predicted octanol–water partition coefficient (Wildman–Crippen LogP) is 0.799. The molecule has 17 heteroatoms. The Morgan fingerprint density at radius 3 is 2.57 bits per heavy atom. The number of aliphatic hydroxyl groups is 2. The molecule has 0 aromatic carbocycles. The minimum Gasteiger partial charge on any atom is -0.387 e. The molecule has 1 saturated carbocycles. The van der Waals surface area contributed by atoms with Gasteiger partial charge in [0, 0.05) is 11.8 Å². The molecule has 1 saturated heterocycles. The quantitative estimate of drug-likeness (QED) is 0.194. The van der Waals surface area contributed by atoms with Crippen molar-refractivity contribution in [1.82, 2.24) is 19.7 Å². The number of sulfone groups is 1. The van der Waals surface area contributed by atoms with Crippen LogP contribution in [-0.2, 0) is 23.9 Å². The Balaban J connectivity index is 1.55. The summed E-state index contributed by atoms with van der Waals surface area (Å²) in [5.74, 6) is -0.800. The molecule has 14 nitrogen and oxygen atoms in total. The van der Waals surface area contributed by atoms with Gasteiger partial charge in [0.15, 0.2) is 27.1 Å². The molecule has 5 atom stereocenters. The first-order valence-electron chi connectivity index (χ1n) is 11.8. The van der Waals surface area contributed by atoms with E-state index in [2.05, 4.69) is 20.4 Å². The summed E-state index contributed by atoms with van der Waals surface area (Å²) in [5.41, 5.74) is 0.243. The van der Waals surface area contributed by atoms with Crippen LogP contribution in [0.2, 0.25) is 5.28 Å². The summed E-state index contributed by atoms with van der Waals surface area (Å²) in [6.07, 6.45) is 0.108. The van der Waals surface area contributed by atoms with E-state index in [-0.39, 0.29) is 22.7 Å². The average molecular weight is 584 g/mol. The lowest BCUT2D eigenvalue weighted by Crippen LogP contribution is -2.42. The van der Waals surface area contributed by atoms with Crippen LogP contribution in [0, 0.1) is 0 Å². The first kappa shape index (κ1) is 28.6. The zero-order valence-electron chi connectivity index (χ0n) is 20.3. The fourth-order valence-corrected chi connectivity index (χ4v) is 7.28. The average Bonchev–Trinajstić information content (AvgIpc) is 3.53. The first-order valence-corrected chi connectivity index (χ1v) is 15.6. The summed E-state index contributed by atoms with van der Waals surface area (Å²) in [5, 5.41) is 27.0. The van der Waals surface area contributed by atoms with E-state index in [0.29, 0.717) is 11.2 Å². The van der Waals surface area contributed by atoms with Crippen LogP contribution in [0.5, 0.6) is 0 Å². The molecule has 1 aliphatic carbocycles. The minimum atomic E-state index is -5.07. The zero-order chi connectivity index (χ0) is 27.2. The predicted molar refractivity (Wildman–Crippen MR) is 133 cm³/mol. The van der Waals surface area contributed by atoms with Crippen molar-refractivity contribution in [2.45, 2.75) is 75.5 Å². The van der Waals surface area contributed by atoms with Crippen LogP contribution >= 0.6 is 19.2 Å². The number of fused-ring (bicyclic) bond motifs is 1. The number of hydrogen-bond acceptors (Lipinski definition) is 11. The van der Waals surface area contributed by atoms with Crippen LogP contribution in [0.15, 0.2) is 6.20 Å². The Kier molecular flexibility index (Phi) is 8.21. The minimum absolute atomic E-state index is 0.0581. The topological polar surface area (TPSA) is 206 Å². The highest BCUT2D eigenvalue weighted by atomic mass is 35.5. The van der Waals surface area contributed by atoms with Crippen molar-refractivity contribution < 1.29 is 42.5 Å². The van der Waals surface area contributed by atoms with E-state index in [1.165, 1.54) is 17.8 Å². The van der Waals surface area contributed by atoms with Crippen molar-refractivity contribution in [3.05, 3.63) is 11.5 Å². The Bertz CT molecular complexity index is 1280. The van der Waals surface area contributed by atoms with E-state index in [9.17, 15) is 33.0 Å². The molecule has 208 valence electrons. The van der Waals surface area contributed by atoms with Gasteiger partial charge in [-0.15, -0.1) is 0 Å². The number of anilines is 1. The summed E-state index contributed by atoms with van der Waals surface area (Å²) >= 11 is 6.15. The third-order valence-corrected chi connectivity index (χ3v) is 10.6. The highest BCUT2D eigenvalue weighted by Crippen LogP contribution is 2.52. The summed E-state index contributed by atoms with van der Waals surface area (Å²) < 4.78 is 48.6. The molecule has 3 heterocycles. The highest BCUT2D eigenvalue weighted by molar-refractivity contribution is 7.91. The fourth-order valence-electron chi connectivity index (χ4n) is 4.51. The number of aromatic nitrogens is 4. The van der Waals surface area contributed by atoms with Crippen LogP contribution in [0.25, 0.3) is 11.0 Å². The van der Waals surface area contributed by atoms with Crippen LogP contribution in [0.1, 0.15) is 45.8 Å². The molecule has 0 bridgehead atoms. The van der Waals surface area contributed by atoms with Gasteiger partial charge in [0.2, 0.25) is 5.28 Å². The Hall–Kier alpha value is -1.42. The zero-order valence-corrected chi connectivity index (χ0v) is 22.7. The maximum Gasteiger partial charge on any atom is 0.357 e. The number of aliphatic hydroxyl groups excluding tert-OH is 2. The van der Waals surface area contributed by atoms with Crippen molar-refractivity contribution >= 4 is 45.9 Å². The maximum absolute atomic E-state index is 12.1. The first-order chi connectivity index (χ1) is 17.2. The second-order valence-electron chi connectivity index (χ2n) is 9.55. The van der Waals surface area contributed by atoms with E-state index in [1.54, 1.807) is 0 Å². The monoisotopic (exact) mass is 583 g/mol. The van der Waals surface area contributed by atoms with E-state index < -0.39 is 59.7 Å². The van der Waals surface area contributed by atoms with Crippen LogP contribution in [0.3, 0.4) is 0 Å². The normalized spacial score (nSPS) is 27.1. The molecule has 0 amide bonds. The molecule has 37 heavy (non-hydrogen) atoms. The standard InChI is InChI=1S/C20H31ClN5O9PS/c1-3-37(32,33)10-20(2,36(29,30)31)34-9-13-14(27)15(28)18(35-13)26-17-12(8-22-26)16(24-19(21)25-17)23-11-6-4-5-7-11/h8,11,13-15,18,27-28H,3-7,9-10H2,1-2H3,(H,23,24,25)(H2,29,30,31)/t13-,14-,15-,18-,20+/m1/s1. The van der Waals surface area contributed by atoms with Gasteiger partial charge in [0.05, 0.1) is 23.9 Å². The van der Waals surface area contributed by atoms with Crippen molar-refractivity contribution in [3.8, 4) is 0 Å². The van der Waals surface area contributed by atoms with E-state index >= 15 is 0 Å². The third-order valence-electron chi connectivity index (χ3n) is 6.80. The second-order valence-corrected chi connectivity index (χ2v) is 14.3. The lowest BCUT2D eigenvalue weighted by atomic mass is 10.1. The van der Waals surface area contributed by atoms with Crippen LogP contribution in [-0.4, -0.2) is 96.0 Å². The number of nitrogens with zero attached hydrogens (tertiary/aromatic N) is 4. The highest BCUT2D eigenvalue weighted by Gasteiger charge is 2.50. The summed E-state index contributed by atoms with van der Waals surface area (Å²) in [7, 11) is -8.90. The van der Waals surface area contributed by atoms with Crippen LogP contribution < -0.4 is 5.32 Å². The smallest absolute Gasteiger partial charge is 0.357 e. The lowest BCUT2D eigenvalue weighted by molar-refractivity contribution is -0.0899. The van der Waals surface area contributed by atoms with Gasteiger partial charge in [-0.2, -0.15) is 15.1 Å². The molecular weight excluding hydrogens is 553 g/mol. The number of halogens is 1. The van der Waals surface area contributed by atoms with Crippen LogP contribution in [0.4, 0.5) is 5.82 Å². The van der Waals surface area contributed by atoms with E-state index in [1.807, 2.05) is 0 Å². The molecule has 0 spiro atoms. The molecular formula is C20H31ClN5O9PS. The van der Waals surface area contributed by atoms with E-state index in [4.69, 9.17) is 21.1 Å². The summed E-state index contributed by atoms with van der Waals surface area (Å²) in [4.78, 5) is 28.0. The Morgan fingerprint density at radius 1 is 1.27 bits per heavy atom. The number of nitrogens with one attached hydrogen (secondary N) is 1. The van der Waals surface area contributed by atoms with E-state index in [0.717, 1.165) is 32.6 Å². The molecule has 5 N–H and O–H groups in total. The van der Waals surface area contributed by atoms with Crippen molar-refractivity contribution in [2.24, 2.45) is 0 Å². The number of hydrogen-bond donors (Lipinski definition) is 5. The van der Waals surface area contributed by atoms with Crippen molar-refractivity contribution in [3.63, 3.8) is 0 Å².